The van der Waals surface area contributed by atoms with Gasteiger partial charge in [-0.3, -0.25) is 0 Å². The smallest absolute Gasteiger partial charge is 0.0495 e. The van der Waals surface area contributed by atoms with Crippen LogP contribution in [0.5, 0.6) is 0 Å². The summed E-state index contributed by atoms with van der Waals surface area (Å²) in [7, 11) is 2.03. The van der Waals surface area contributed by atoms with Gasteiger partial charge in [0.2, 0.25) is 0 Å². The summed E-state index contributed by atoms with van der Waals surface area (Å²) in [6.45, 7) is 2.02. The Morgan fingerprint density at radius 3 is 2.87 bits per heavy atom. The molecule has 15 heavy (non-hydrogen) atoms. The van der Waals surface area contributed by atoms with E-state index in [-0.39, 0.29) is 6.04 Å². The van der Waals surface area contributed by atoms with E-state index in [0.29, 0.717) is 0 Å². The first-order valence-corrected chi connectivity index (χ1v) is 5.45. The molecule has 1 heterocycles. The van der Waals surface area contributed by atoms with Crippen LogP contribution < -0.4 is 5.73 Å². The quantitative estimate of drug-likeness (QED) is 0.833. The zero-order chi connectivity index (χ0) is 11.0. The van der Waals surface area contributed by atoms with Crippen LogP contribution in [0.2, 0.25) is 5.02 Å². The van der Waals surface area contributed by atoms with Gasteiger partial charge < -0.3 is 10.3 Å². The number of fused-ring (bicyclic) bond motifs is 1. The minimum absolute atomic E-state index is 0.186. The Kier molecular flexibility index (Phi) is 2.72. The average molecular weight is 223 g/mol. The lowest BCUT2D eigenvalue weighted by Crippen LogP contribution is -2.17. The molecule has 0 saturated carbocycles. The van der Waals surface area contributed by atoms with Gasteiger partial charge >= 0.3 is 0 Å². The summed E-state index contributed by atoms with van der Waals surface area (Å²) in [5.41, 5.74) is 8.28. The van der Waals surface area contributed by atoms with Gasteiger partial charge in [-0.05, 0) is 31.0 Å². The Labute approximate surface area is 94.6 Å². The van der Waals surface area contributed by atoms with E-state index in [1.807, 2.05) is 26.1 Å². The van der Waals surface area contributed by atoms with Crippen LogP contribution in [0.1, 0.15) is 12.5 Å². The zero-order valence-corrected chi connectivity index (χ0v) is 9.75. The lowest BCUT2D eigenvalue weighted by atomic mass is 10.1. The number of hydrogen-bond acceptors (Lipinski definition) is 1. The van der Waals surface area contributed by atoms with Crippen molar-refractivity contribution in [2.75, 3.05) is 0 Å². The molecule has 1 aromatic carbocycles. The molecule has 1 aromatic heterocycles. The lowest BCUT2D eigenvalue weighted by molar-refractivity contribution is 0.738. The molecule has 2 aromatic rings. The summed E-state index contributed by atoms with van der Waals surface area (Å²) < 4.78 is 2.10. The summed E-state index contributed by atoms with van der Waals surface area (Å²) in [4.78, 5) is 0. The van der Waals surface area contributed by atoms with Gasteiger partial charge in [0.25, 0.3) is 0 Å². The van der Waals surface area contributed by atoms with Crippen molar-refractivity contribution in [3.63, 3.8) is 0 Å². The monoisotopic (exact) mass is 222 g/mol. The molecule has 0 aliphatic heterocycles. The van der Waals surface area contributed by atoms with Crippen molar-refractivity contribution in [1.29, 1.82) is 0 Å². The van der Waals surface area contributed by atoms with Crippen molar-refractivity contribution < 1.29 is 0 Å². The third-order valence-electron chi connectivity index (χ3n) is 2.58. The number of halogens is 1. The summed E-state index contributed by atoms with van der Waals surface area (Å²) in [6, 6.07) is 6.16. The van der Waals surface area contributed by atoms with Crippen molar-refractivity contribution >= 4 is 22.5 Å². The highest BCUT2D eigenvalue weighted by Crippen LogP contribution is 2.24. The Hall–Kier alpha value is -0.990. The number of nitrogens with two attached hydrogens (primary N) is 1. The van der Waals surface area contributed by atoms with E-state index in [1.165, 1.54) is 10.9 Å². The van der Waals surface area contributed by atoms with E-state index in [0.717, 1.165) is 17.0 Å². The van der Waals surface area contributed by atoms with Crippen molar-refractivity contribution in [3.8, 4) is 0 Å². The molecule has 0 aliphatic carbocycles. The van der Waals surface area contributed by atoms with Gasteiger partial charge in [-0.1, -0.05) is 17.7 Å². The molecule has 0 unspecified atom stereocenters. The third-order valence-corrected chi connectivity index (χ3v) is 2.81. The number of rotatable bonds is 2. The molecule has 2 N–H and O–H groups in total. The Balaban J connectivity index is 2.57. The molecule has 80 valence electrons. The minimum Gasteiger partial charge on any atom is -0.350 e. The summed E-state index contributed by atoms with van der Waals surface area (Å²) in [6.07, 6.45) is 3.03. The largest absolute Gasteiger partial charge is 0.350 e. The van der Waals surface area contributed by atoms with E-state index in [4.69, 9.17) is 17.3 Å². The molecule has 0 aliphatic rings. The van der Waals surface area contributed by atoms with E-state index >= 15 is 0 Å². The second-order valence-corrected chi connectivity index (χ2v) is 4.54. The molecular formula is C12H15ClN2. The zero-order valence-electron chi connectivity index (χ0n) is 9.00. The molecule has 0 fully saturated rings. The Morgan fingerprint density at radius 2 is 2.20 bits per heavy atom. The van der Waals surface area contributed by atoms with Gasteiger partial charge in [0.05, 0.1) is 0 Å². The summed E-state index contributed by atoms with van der Waals surface area (Å²) in [5, 5.41) is 2.02. The van der Waals surface area contributed by atoms with E-state index < -0.39 is 0 Å². The fourth-order valence-corrected chi connectivity index (χ4v) is 2.12. The topological polar surface area (TPSA) is 30.9 Å². The van der Waals surface area contributed by atoms with Gasteiger partial charge in [0, 0.05) is 35.2 Å². The maximum absolute atomic E-state index is 5.97. The normalized spacial score (nSPS) is 13.3. The fourth-order valence-electron chi connectivity index (χ4n) is 1.95. The number of benzene rings is 1. The first kappa shape index (κ1) is 10.5. The standard InChI is InChI=1S/C12H15ClN2/c1-8(14)5-9-7-15(2)12-6-10(13)3-4-11(9)12/h3-4,6-8H,5,14H2,1-2H3/t8-/m1/s1. The molecule has 3 heteroatoms. The lowest BCUT2D eigenvalue weighted by Gasteiger charge is -2.02. The summed E-state index contributed by atoms with van der Waals surface area (Å²) >= 11 is 5.97. The van der Waals surface area contributed by atoms with Crippen LogP contribution >= 0.6 is 11.6 Å². The van der Waals surface area contributed by atoms with Gasteiger partial charge in [0.15, 0.2) is 0 Å². The van der Waals surface area contributed by atoms with Crippen LogP contribution in [0.25, 0.3) is 10.9 Å². The Bertz CT molecular complexity index is 486. The van der Waals surface area contributed by atoms with Crippen LogP contribution in [-0.2, 0) is 13.5 Å². The van der Waals surface area contributed by atoms with Gasteiger partial charge in [0.1, 0.15) is 0 Å². The van der Waals surface area contributed by atoms with Gasteiger partial charge in [-0.25, -0.2) is 0 Å². The van der Waals surface area contributed by atoms with Gasteiger partial charge in [-0.2, -0.15) is 0 Å². The van der Waals surface area contributed by atoms with E-state index in [9.17, 15) is 0 Å². The highest BCUT2D eigenvalue weighted by atomic mass is 35.5. The maximum atomic E-state index is 5.97. The van der Waals surface area contributed by atoms with Crippen LogP contribution in [-0.4, -0.2) is 10.6 Å². The third kappa shape index (κ3) is 2.01. The molecule has 0 amide bonds. The highest BCUT2D eigenvalue weighted by molar-refractivity contribution is 6.31. The maximum Gasteiger partial charge on any atom is 0.0495 e. The summed E-state index contributed by atoms with van der Waals surface area (Å²) in [5.74, 6) is 0. The molecule has 2 nitrogen and oxygen atoms in total. The SMILES string of the molecule is C[C@@H](N)Cc1cn(C)c2cc(Cl)ccc12. The average Bonchev–Trinajstić information content (AvgIpc) is 2.42. The van der Waals surface area contributed by atoms with Crippen LogP contribution in [0.4, 0.5) is 0 Å². The molecule has 0 bridgehead atoms. The minimum atomic E-state index is 0.186. The van der Waals surface area contributed by atoms with E-state index in [1.54, 1.807) is 0 Å². The van der Waals surface area contributed by atoms with E-state index in [2.05, 4.69) is 16.8 Å². The molecule has 1 atom stereocenters. The van der Waals surface area contributed by atoms with Gasteiger partial charge in [-0.15, -0.1) is 0 Å². The van der Waals surface area contributed by atoms with Crippen LogP contribution in [0, 0.1) is 0 Å². The Morgan fingerprint density at radius 1 is 1.47 bits per heavy atom. The molecular weight excluding hydrogens is 208 g/mol. The predicted molar refractivity (Wildman–Crippen MR) is 65.3 cm³/mol. The predicted octanol–water partition coefficient (Wildman–Crippen LogP) is 2.72. The molecule has 0 spiro atoms. The molecule has 0 radical (unpaired) electrons. The first-order valence-electron chi connectivity index (χ1n) is 5.07. The number of aryl methyl sites for hydroxylation is 1. The molecule has 0 saturated heterocycles. The van der Waals surface area contributed by atoms with Crippen molar-refractivity contribution in [3.05, 3.63) is 35.0 Å². The highest BCUT2D eigenvalue weighted by Gasteiger charge is 2.08. The van der Waals surface area contributed by atoms with Crippen molar-refractivity contribution in [1.82, 2.24) is 4.57 Å². The fraction of sp³-hybridized carbons (Fsp3) is 0.333. The molecule has 2 rings (SSSR count). The van der Waals surface area contributed by atoms with Crippen LogP contribution in [0.3, 0.4) is 0 Å². The number of aromatic nitrogens is 1. The number of hydrogen-bond donors (Lipinski definition) is 1. The second kappa shape index (κ2) is 3.87. The first-order chi connectivity index (χ1) is 7.08. The van der Waals surface area contributed by atoms with Crippen molar-refractivity contribution in [2.45, 2.75) is 19.4 Å². The number of nitrogens with zero attached hydrogens (tertiary/aromatic N) is 1. The van der Waals surface area contributed by atoms with Crippen LogP contribution in [0.15, 0.2) is 24.4 Å². The second-order valence-electron chi connectivity index (χ2n) is 4.11. The van der Waals surface area contributed by atoms with Crippen molar-refractivity contribution in [2.24, 2.45) is 12.8 Å².